The predicted molar refractivity (Wildman–Crippen MR) is 74.8 cm³/mol. The van der Waals surface area contributed by atoms with Crippen molar-refractivity contribution in [2.45, 2.75) is 12.8 Å². The van der Waals surface area contributed by atoms with E-state index in [0.717, 1.165) is 23.0 Å². The zero-order chi connectivity index (χ0) is 13.3. The van der Waals surface area contributed by atoms with E-state index in [2.05, 4.69) is 15.9 Å². The zero-order valence-corrected chi connectivity index (χ0v) is 12.2. The Kier molecular flexibility index (Phi) is 3.64. The van der Waals surface area contributed by atoms with Crippen LogP contribution < -0.4 is 15.4 Å². The van der Waals surface area contributed by atoms with E-state index >= 15 is 0 Å². The Bertz CT molecular complexity index is 472. The van der Waals surface area contributed by atoms with Crippen LogP contribution >= 0.6 is 15.9 Å². The Morgan fingerprint density at radius 2 is 2.22 bits per heavy atom. The van der Waals surface area contributed by atoms with E-state index in [1.54, 1.807) is 19.1 Å². The highest BCUT2D eigenvalue weighted by Crippen LogP contribution is 2.47. The first-order valence-electron chi connectivity index (χ1n) is 5.86. The minimum absolute atomic E-state index is 0.0707. The third kappa shape index (κ3) is 2.24. The molecular formula is C13H17BrN2O2. The molecular weight excluding hydrogens is 296 g/mol. The predicted octanol–water partition coefficient (Wildman–Crippen LogP) is 2.16. The number of benzene rings is 1. The summed E-state index contributed by atoms with van der Waals surface area (Å²) in [5.41, 5.74) is 6.11. The molecule has 0 bridgehead atoms. The Morgan fingerprint density at radius 1 is 1.56 bits per heavy atom. The average Bonchev–Trinajstić information content (AvgIpc) is 3.18. The van der Waals surface area contributed by atoms with E-state index in [-0.39, 0.29) is 11.3 Å². The van der Waals surface area contributed by atoms with Crippen molar-refractivity contribution >= 4 is 27.5 Å². The SMILES string of the molecule is COc1ccc(Br)cc1N(C)C(=O)C1(CN)CC1. The summed E-state index contributed by atoms with van der Waals surface area (Å²) in [6.07, 6.45) is 1.76. The lowest BCUT2D eigenvalue weighted by atomic mass is 10.1. The van der Waals surface area contributed by atoms with Gasteiger partial charge in [-0.2, -0.15) is 0 Å². The number of nitrogens with two attached hydrogens (primary N) is 1. The molecule has 0 atom stereocenters. The monoisotopic (exact) mass is 312 g/mol. The Labute approximate surface area is 115 Å². The summed E-state index contributed by atoms with van der Waals surface area (Å²) in [7, 11) is 3.36. The first kappa shape index (κ1) is 13.4. The number of ether oxygens (including phenoxy) is 1. The fraction of sp³-hybridized carbons (Fsp3) is 0.462. The molecule has 0 radical (unpaired) electrons. The average molecular weight is 313 g/mol. The van der Waals surface area contributed by atoms with Crippen LogP contribution in [-0.2, 0) is 4.79 Å². The van der Waals surface area contributed by atoms with Gasteiger partial charge in [-0.1, -0.05) is 15.9 Å². The molecule has 0 unspecified atom stereocenters. The molecule has 98 valence electrons. The highest BCUT2D eigenvalue weighted by molar-refractivity contribution is 9.10. The van der Waals surface area contributed by atoms with Crippen molar-refractivity contribution in [3.8, 4) is 5.75 Å². The summed E-state index contributed by atoms with van der Waals surface area (Å²) in [6, 6.07) is 5.60. The number of amides is 1. The van der Waals surface area contributed by atoms with Crippen LogP contribution in [-0.4, -0.2) is 26.6 Å². The van der Waals surface area contributed by atoms with Crippen LogP contribution in [0.25, 0.3) is 0 Å². The van der Waals surface area contributed by atoms with Gasteiger partial charge in [0, 0.05) is 18.1 Å². The number of halogens is 1. The number of hydrogen-bond acceptors (Lipinski definition) is 3. The lowest BCUT2D eigenvalue weighted by Crippen LogP contribution is -2.38. The van der Waals surface area contributed by atoms with Crippen molar-refractivity contribution in [2.75, 3.05) is 25.6 Å². The molecule has 0 heterocycles. The molecule has 1 aromatic carbocycles. The standard InChI is InChI=1S/C13H17BrN2O2/c1-16(12(17)13(8-15)5-6-13)10-7-9(14)3-4-11(10)18-2/h3-4,7H,5-6,8,15H2,1-2H3. The first-order valence-corrected chi connectivity index (χ1v) is 6.65. The highest BCUT2D eigenvalue weighted by Gasteiger charge is 2.50. The third-order valence-corrected chi connectivity index (χ3v) is 4.00. The van der Waals surface area contributed by atoms with Gasteiger partial charge in [0.15, 0.2) is 0 Å². The van der Waals surface area contributed by atoms with Gasteiger partial charge in [-0.25, -0.2) is 0 Å². The van der Waals surface area contributed by atoms with Gasteiger partial charge in [-0.05, 0) is 31.0 Å². The van der Waals surface area contributed by atoms with E-state index in [4.69, 9.17) is 10.5 Å². The summed E-state index contributed by atoms with van der Waals surface area (Å²) < 4.78 is 6.20. The smallest absolute Gasteiger partial charge is 0.234 e. The number of anilines is 1. The molecule has 1 saturated carbocycles. The molecule has 5 heteroatoms. The second-order valence-corrected chi connectivity index (χ2v) is 5.58. The Balaban J connectivity index is 2.31. The van der Waals surface area contributed by atoms with Gasteiger partial charge in [0.2, 0.25) is 5.91 Å². The summed E-state index contributed by atoms with van der Waals surface area (Å²) in [4.78, 5) is 14.1. The fourth-order valence-electron chi connectivity index (χ4n) is 2.05. The molecule has 0 aromatic heterocycles. The van der Waals surface area contributed by atoms with Crippen molar-refractivity contribution in [1.82, 2.24) is 0 Å². The Hall–Kier alpha value is -1.07. The van der Waals surface area contributed by atoms with E-state index in [0.29, 0.717) is 12.3 Å². The molecule has 0 spiro atoms. The fourth-order valence-corrected chi connectivity index (χ4v) is 2.40. The van der Waals surface area contributed by atoms with E-state index in [1.807, 2.05) is 18.2 Å². The van der Waals surface area contributed by atoms with Crippen molar-refractivity contribution in [1.29, 1.82) is 0 Å². The summed E-state index contributed by atoms with van der Waals surface area (Å²) in [5, 5.41) is 0. The topological polar surface area (TPSA) is 55.6 Å². The highest BCUT2D eigenvalue weighted by atomic mass is 79.9. The van der Waals surface area contributed by atoms with E-state index < -0.39 is 0 Å². The molecule has 18 heavy (non-hydrogen) atoms. The number of rotatable bonds is 4. The summed E-state index contributed by atoms with van der Waals surface area (Å²) in [6.45, 7) is 0.409. The molecule has 0 saturated heterocycles. The number of nitrogens with zero attached hydrogens (tertiary/aromatic N) is 1. The second kappa shape index (κ2) is 4.90. The van der Waals surface area contributed by atoms with Crippen LogP contribution in [0.1, 0.15) is 12.8 Å². The molecule has 1 aliphatic rings. The molecule has 2 rings (SSSR count). The van der Waals surface area contributed by atoms with Crippen LogP contribution in [0.3, 0.4) is 0 Å². The zero-order valence-electron chi connectivity index (χ0n) is 10.6. The molecule has 2 N–H and O–H groups in total. The number of carbonyl (C=O) groups is 1. The van der Waals surface area contributed by atoms with Crippen molar-refractivity contribution in [3.05, 3.63) is 22.7 Å². The quantitative estimate of drug-likeness (QED) is 0.927. The lowest BCUT2D eigenvalue weighted by molar-refractivity contribution is -0.123. The molecule has 1 aliphatic carbocycles. The minimum atomic E-state index is -0.345. The lowest BCUT2D eigenvalue weighted by Gasteiger charge is -2.24. The maximum atomic E-state index is 12.4. The van der Waals surface area contributed by atoms with Gasteiger partial charge in [0.1, 0.15) is 5.75 Å². The number of carbonyl (C=O) groups excluding carboxylic acids is 1. The molecule has 1 fully saturated rings. The van der Waals surface area contributed by atoms with Crippen LogP contribution in [0, 0.1) is 5.41 Å². The van der Waals surface area contributed by atoms with Crippen LogP contribution in [0.15, 0.2) is 22.7 Å². The second-order valence-electron chi connectivity index (χ2n) is 4.66. The number of hydrogen-bond donors (Lipinski definition) is 1. The summed E-state index contributed by atoms with van der Waals surface area (Å²) >= 11 is 3.41. The third-order valence-electron chi connectivity index (χ3n) is 3.50. The maximum absolute atomic E-state index is 12.4. The molecule has 1 amide bonds. The normalized spacial score (nSPS) is 16.2. The first-order chi connectivity index (χ1) is 8.54. The van der Waals surface area contributed by atoms with Gasteiger partial charge < -0.3 is 15.4 Å². The van der Waals surface area contributed by atoms with Gasteiger partial charge in [0.25, 0.3) is 0 Å². The summed E-state index contributed by atoms with van der Waals surface area (Å²) in [5.74, 6) is 0.753. The van der Waals surface area contributed by atoms with Gasteiger partial charge in [-0.3, -0.25) is 4.79 Å². The van der Waals surface area contributed by atoms with Gasteiger partial charge >= 0.3 is 0 Å². The van der Waals surface area contributed by atoms with Crippen LogP contribution in [0.5, 0.6) is 5.75 Å². The molecule has 4 nitrogen and oxygen atoms in total. The van der Waals surface area contributed by atoms with E-state index in [1.165, 1.54) is 0 Å². The minimum Gasteiger partial charge on any atom is -0.495 e. The largest absolute Gasteiger partial charge is 0.495 e. The molecule has 0 aliphatic heterocycles. The number of methoxy groups -OCH3 is 1. The molecule has 1 aromatic rings. The van der Waals surface area contributed by atoms with Gasteiger partial charge in [0.05, 0.1) is 18.2 Å². The van der Waals surface area contributed by atoms with Crippen LogP contribution in [0.2, 0.25) is 0 Å². The Morgan fingerprint density at radius 3 is 2.72 bits per heavy atom. The van der Waals surface area contributed by atoms with Crippen molar-refractivity contribution in [3.63, 3.8) is 0 Å². The van der Waals surface area contributed by atoms with E-state index in [9.17, 15) is 4.79 Å². The van der Waals surface area contributed by atoms with Crippen molar-refractivity contribution < 1.29 is 9.53 Å². The van der Waals surface area contributed by atoms with Crippen molar-refractivity contribution in [2.24, 2.45) is 11.1 Å². The van der Waals surface area contributed by atoms with Crippen LogP contribution in [0.4, 0.5) is 5.69 Å². The maximum Gasteiger partial charge on any atom is 0.234 e. The van der Waals surface area contributed by atoms with Gasteiger partial charge in [-0.15, -0.1) is 0 Å².